The van der Waals surface area contributed by atoms with Gasteiger partial charge in [-0.3, -0.25) is 14.7 Å². The van der Waals surface area contributed by atoms with Crippen LogP contribution in [0.25, 0.3) is 0 Å². The molecule has 0 bridgehead atoms. The lowest BCUT2D eigenvalue weighted by molar-refractivity contribution is -0.138. The van der Waals surface area contributed by atoms with Crippen molar-refractivity contribution >= 4 is 5.91 Å². The molecular weight excluding hydrogens is 298 g/mol. The molecule has 2 aromatic rings. The van der Waals surface area contributed by atoms with Crippen molar-refractivity contribution in [3.8, 4) is 0 Å². The van der Waals surface area contributed by atoms with Crippen LogP contribution in [0.3, 0.4) is 0 Å². The highest BCUT2D eigenvalue weighted by molar-refractivity contribution is 5.83. The molecule has 4 heteroatoms. The number of fused-ring (bicyclic) bond motifs is 1. The molecule has 2 aliphatic rings. The number of rotatable bonds is 3. The topological polar surface area (TPSA) is 36.4 Å². The number of hydrogen-bond acceptors (Lipinski definition) is 3. The van der Waals surface area contributed by atoms with E-state index in [4.69, 9.17) is 0 Å². The molecule has 0 saturated carbocycles. The van der Waals surface area contributed by atoms with Crippen molar-refractivity contribution < 1.29 is 4.79 Å². The second kappa shape index (κ2) is 6.73. The average molecular weight is 321 g/mol. The first-order valence-electron chi connectivity index (χ1n) is 8.82. The smallest absolute Gasteiger partial charge is 0.244 e. The number of aromatic nitrogens is 1. The molecule has 1 aromatic heterocycles. The Morgan fingerprint density at radius 2 is 1.79 bits per heavy atom. The minimum absolute atomic E-state index is 0.188. The van der Waals surface area contributed by atoms with Crippen molar-refractivity contribution in [1.82, 2.24) is 14.8 Å². The Kier molecular flexibility index (Phi) is 4.30. The van der Waals surface area contributed by atoms with Crippen molar-refractivity contribution in [2.75, 3.05) is 19.6 Å². The number of carbonyl (C=O) groups excluding carboxylic acids is 1. The molecule has 0 radical (unpaired) electrons. The number of amides is 1. The largest absolute Gasteiger partial charge is 0.336 e. The first-order valence-corrected chi connectivity index (χ1v) is 8.82. The molecule has 2 aliphatic heterocycles. The highest BCUT2D eigenvalue weighted by Gasteiger charge is 2.34. The van der Waals surface area contributed by atoms with Crippen molar-refractivity contribution in [2.24, 2.45) is 0 Å². The molecule has 1 aromatic carbocycles. The van der Waals surface area contributed by atoms with Crippen LogP contribution in [0.1, 0.15) is 35.6 Å². The molecule has 0 N–H and O–H groups in total. The Morgan fingerprint density at radius 1 is 1.00 bits per heavy atom. The zero-order valence-electron chi connectivity index (χ0n) is 13.9. The highest BCUT2D eigenvalue weighted by Crippen LogP contribution is 2.29. The van der Waals surface area contributed by atoms with Gasteiger partial charge in [0.2, 0.25) is 5.91 Å². The number of carbonyl (C=O) groups is 1. The summed E-state index contributed by atoms with van der Waals surface area (Å²) < 4.78 is 0. The monoisotopic (exact) mass is 321 g/mol. The summed E-state index contributed by atoms with van der Waals surface area (Å²) in [5, 5.41) is 0. The number of hydrogen-bond donors (Lipinski definition) is 0. The Labute approximate surface area is 143 Å². The number of pyridine rings is 1. The summed E-state index contributed by atoms with van der Waals surface area (Å²) in [5.41, 5.74) is 3.67. The lowest BCUT2D eigenvalue weighted by atomic mass is 9.98. The summed E-state index contributed by atoms with van der Waals surface area (Å²) in [6.07, 6.45) is 6.91. The molecule has 0 spiro atoms. The van der Waals surface area contributed by atoms with Crippen LogP contribution in [0.2, 0.25) is 0 Å². The summed E-state index contributed by atoms with van der Waals surface area (Å²) in [6, 6.07) is 12.2. The molecule has 24 heavy (non-hydrogen) atoms. The molecule has 1 saturated heterocycles. The average Bonchev–Trinajstić information content (AvgIpc) is 3.16. The van der Waals surface area contributed by atoms with E-state index in [1.807, 2.05) is 23.2 Å². The van der Waals surface area contributed by atoms with Crippen LogP contribution in [0.5, 0.6) is 0 Å². The van der Waals surface area contributed by atoms with Crippen LogP contribution in [0.15, 0.2) is 48.8 Å². The third-order valence-electron chi connectivity index (χ3n) is 5.18. The molecule has 0 aliphatic carbocycles. The fourth-order valence-electron chi connectivity index (χ4n) is 3.90. The van der Waals surface area contributed by atoms with Crippen molar-refractivity contribution in [3.63, 3.8) is 0 Å². The van der Waals surface area contributed by atoms with Gasteiger partial charge in [-0.25, -0.2) is 0 Å². The van der Waals surface area contributed by atoms with Crippen LogP contribution in [0, 0.1) is 0 Å². The third kappa shape index (κ3) is 2.94. The molecule has 0 unspecified atom stereocenters. The minimum atomic E-state index is -0.188. The van der Waals surface area contributed by atoms with E-state index in [1.54, 1.807) is 6.20 Å². The van der Waals surface area contributed by atoms with Crippen molar-refractivity contribution in [3.05, 3.63) is 65.5 Å². The van der Waals surface area contributed by atoms with E-state index in [2.05, 4.69) is 34.1 Å². The molecular formula is C20H23N3O. The SMILES string of the molecule is O=C([C@H](c1cccnc1)N1CCCC1)N1CCc2ccccc2C1. The Morgan fingerprint density at radius 3 is 2.54 bits per heavy atom. The van der Waals surface area contributed by atoms with Gasteiger partial charge >= 0.3 is 0 Å². The first-order chi connectivity index (χ1) is 11.8. The van der Waals surface area contributed by atoms with Gasteiger partial charge in [0.25, 0.3) is 0 Å². The van der Waals surface area contributed by atoms with Gasteiger partial charge in [0, 0.05) is 25.5 Å². The van der Waals surface area contributed by atoms with Gasteiger partial charge in [-0.05, 0) is 55.1 Å². The van der Waals surface area contributed by atoms with Gasteiger partial charge in [-0.15, -0.1) is 0 Å². The van der Waals surface area contributed by atoms with Crippen LogP contribution in [-0.2, 0) is 17.8 Å². The van der Waals surface area contributed by atoms with E-state index in [9.17, 15) is 4.79 Å². The predicted molar refractivity (Wildman–Crippen MR) is 93.3 cm³/mol. The van der Waals surface area contributed by atoms with E-state index in [1.165, 1.54) is 24.0 Å². The summed E-state index contributed by atoms with van der Waals surface area (Å²) >= 11 is 0. The molecule has 124 valence electrons. The van der Waals surface area contributed by atoms with Gasteiger partial charge in [0.1, 0.15) is 6.04 Å². The van der Waals surface area contributed by atoms with E-state index >= 15 is 0 Å². The summed E-state index contributed by atoms with van der Waals surface area (Å²) in [6.45, 7) is 3.52. The molecule has 1 atom stereocenters. The molecule has 4 rings (SSSR count). The zero-order valence-corrected chi connectivity index (χ0v) is 13.9. The van der Waals surface area contributed by atoms with Gasteiger partial charge in [0.15, 0.2) is 0 Å². The van der Waals surface area contributed by atoms with E-state index in [0.717, 1.165) is 38.2 Å². The van der Waals surface area contributed by atoms with Crippen molar-refractivity contribution in [1.29, 1.82) is 0 Å². The highest BCUT2D eigenvalue weighted by atomic mass is 16.2. The lowest BCUT2D eigenvalue weighted by Gasteiger charge is -2.35. The fourth-order valence-corrected chi connectivity index (χ4v) is 3.90. The minimum Gasteiger partial charge on any atom is -0.336 e. The van der Waals surface area contributed by atoms with E-state index in [0.29, 0.717) is 0 Å². The first kappa shape index (κ1) is 15.3. The van der Waals surface area contributed by atoms with Crippen LogP contribution in [0.4, 0.5) is 0 Å². The molecule has 1 amide bonds. The van der Waals surface area contributed by atoms with Gasteiger partial charge < -0.3 is 4.90 Å². The quantitative estimate of drug-likeness (QED) is 0.872. The maximum Gasteiger partial charge on any atom is 0.244 e. The van der Waals surface area contributed by atoms with E-state index in [-0.39, 0.29) is 11.9 Å². The molecule has 1 fully saturated rings. The third-order valence-corrected chi connectivity index (χ3v) is 5.18. The van der Waals surface area contributed by atoms with Crippen LogP contribution < -0.4 is 0 Å². The Bertz CT molecular complexity index is 710. The maximum absolute atomic E-state index is 13.4. The Hall–Kier alpha value is -2.20. The maximum atomic E-state index is 13.4. The molecule has 3 heterocycles. The number of nitrogens with zero attached hydrogens (tertiary/aromatic N) is 3. The number of likely N-dealkylation sites (tertiary alicyclic amines) is 1. The van der Waals surface area contributed by atoms with Crippen LogP contribution >= 0.6 is 0 Å². The van der Waals surface area contributed by atoms with Gasteiger partial charge in [0.05, 0.1) is 0 Å². The van der Waals surface area contributed by atoms with Gasteiger partial charge in [-0.1, -0.05) is 30.3 Å². The zero-order chi connectivity index (χ0) is 16.4. The summed E-state index contributed by atoms with van der Waals surface area (Å²) in [7, 11) is 0. The lowest BCUT2D eigenvalue weighted by Crippen LogP contribution is -2.44. The summed E-state index contributed by atoms with van der Waals surface area (Å²) in [5.74, 6) is 0.222. The standard InChI is InChI=1S/C20H23N3O/c24-20(23-13-9-16-6-1-2-7-18(16)15-23)19(22-11-3-4-12-22)17-8-5-10-21-14-17/h1-2,5-8,10,14,19H,3-4,9,11-13,15H2/t19-/m0/s1. The molecule has 4 nitrogen and oxygen atoms in total. The normalized spacial score (nSPS) is 19.1. The van der Waals surface area contributed by atoms with E-state index < -0.39 is 0 Å². The fraction of sp³-hybridized carbons (Fsp3) is 0.400. The van der Waals surface area contributed by atoms with Gasteiger partial charge in [-0.2, -0.15) is 0 Å². The Balaban J connectivity index is 1.60. The second-order valence-corrected chi connectivity index (χ2v) is 6.71. The predicted octanol–water partition coefficient (Wildman–Crippen LogP) is 2.80. The second-order valence-electron chi connectivity index (χ2n) is 6.71. The number of benzene rings is 1. The van der Waals surface area contributed by atoms with Crippen molar-refractivity contribution in [2.45, 2.75) is 31.8 Å². The van der Waals surface area contributed by atoms with Crippen LogP contribution in [-0.4, -0.2) is 40.3 Å². The summed E-state index contributed by atoms with van der Waals surface area (Å²) in [4.78, 5) is 21.9.